The second kappa shape index (κ2) is 5.17. The van der Waals surface area contributed by atoms with Gasteiger partial charge in [0, 0.05) is 11.5 Å². The van der Waals surface area contributed by atoms with E-state index in [9.17, 15) is 0 Å². The van der Waals surface area contributed by atoms with Gasteiger partial charge >= 0.3 is 0 Å². The van der Waals surface area contributed by atoms with Crippen LogP contribution in [0.2, 0.25) is 5.15 Å². The molecule has 0 amide bonds. The zero-order valence-corrected chi connectivity index (χ0v) is 12.3. The Hall–Kier alpha value is -1.61. The third kappa shape index (κ3) is 3.44. The number of rotatable bonds is 2. The van der Waals surface area contributed by atoms with Crippen molar-refractivity contribution in [3.05, 3.63) is 46.9 Å². The molecule has 0 aliphatic carbocycles. The molecule has 0 fully saturated rings. The van der Waals surface area contributed by atoms with Crippen LogP contribution in [0, 0.1) is 6.92 Å². The number of hydrogen-bond donors (Lipinski definition) is 0. The highest BCUT2D eigenvalue weighted by atomic mass is 35.5. The van der Waals surface area contributed by atoms with E-state index in [0.717, 1.165) is 11.3 Å². The van der Waals surface area contributed by atoms with Crippen molar-refractivity contribution in [2.24, 2.45) is 0 Å². The minimum atomic E-state index is -0.172. The summed E-state index contributed by atoms with van der Waals surface area (Å²) in [6.07, 6.45) is 0. The van der Waals surface area contributed by atoms with Gasteiger partial charge in [-0.05, 0) is 18.6 Å². The van der Waals surface area contributed by atoms with Gasteiger partial charge in [0.25, 0.3) is 0 Å². The molecular weight excluding hydrogens is 260 g/mol. The first-order valence-electron chi connectivity index (χ1n) is 6.15. The third-order valence-corrected chi connectivity index (χ3v) is 2.84. The van der Waals surface area contributed by atoms with Crippen LogP contribution < -0.4 is 4.74 Å². The summed E-state index contributed by atoms with van der Waals surface area (Å²) in [4.78, 5) is 8.67. The van der Waals surface area contributed by atoms with Crippen molar-refractivity contribution in [3.63, 3.8) is 0 Å². The molecule has 0 atom stereocenters. The van der Waals surface area contributed by atoms with E-state index in [1.165, 1.54) is 0 Å². The maximum Gasteiger partial charge on any atom is 0.224 e. The molecule has 3 nitrogen and oxygen atoms in total. The van der Waals surface area contributed by atoms with Gasteiger partial charge in [0.2, 0.25) is 5.88 Å². The van der Waals surface area contributed by atoms with E-state index in [2.05, 4.69) is 9.97 Å². The summed E-state index contributed by atoms with van der Waals surface area (Å²) in [5.74, 6) is 1.92. The molecule has 2 rings (SSSR count). The monoisotopic (exact) mass is 276 g/mol. The van der Waals surface area contributed by atoms with Gasteiger partial charge in [-0.1, -0.05) is 50.6 Å². The molecular formula is C15H17ClN2O. The quantitative estimate of drug-likeness (QED) is 0.756. The van der Waals surface area contributed by atoms with E-state index in [4.69, 9.17) is 16.3 Å². The number of aromatic nitrogens is 2. The summed E-state index contributed by atoms with van der Waals surface area (Å²) < 4.78 is 5.79. The summed E-state index contributed by atoms with van der Waals surface area (Å²) in [6, 6.07) is 9.42. The molecule has 1 aromatic carbocycles. The normalized spacial score (nSPS) is 11.4. The van der Waals surface area contributed by atoms with E-state index in [-0.39, 0.29) is 5.41 Å². The largest absolute Gasteiger partial charge is 0.439 e. The minimum Gasteiger partial charge on any atom is -0.439 e. The minimum absolute atomic E-state index is 0.172. The number of nitrogens with zero attached hydrogens (tertiary/aromatic N) is 2. The van der Waals surface area contributed by atoms with Crippen molar-refractivity contribution >= 4 is 11.6 Å². The number of ether oxygens (including phenoxy) is 1. The lowest BCUT2D eigenvalue weighted by molar-refractivity contribution is 0.443. The maximum atomic E-state index is 6.03. The second-order valence-electron chi connectivity index (χ2n) is 5.47. The van der Waals surface area contributed by atoms with Gasteiger partial charge in [0.1, 0.15) is 16.7 Å². The molecule has 2 aromatic rings. The molecule has 1 heterocycles. The highest BCUT2D eigenvalue weighted by Crippen LogP contribution is 2.27. The summed E-state index contributed by atoms with van der Waals surface area (Å²) in [5.41, 5.74) is 0.879. The Balaban J connectivity index is 2.36. The van der Waals surface area contributed by atoms with Crippen molar-refractivity contribution in [3.8, 4) is 11.6 Å². The Morgan fingerprint density at radius 2 is 1.79 bits per heavy atom. The molecule has 0 saturated heterocycles. The van der Waals surface area contributed by atoms with E-state index >= 15 is 0 Å². The lowest BCUT2D eigenvalue weighted by atomic mass is 9.96. The van der Waals surface area contributed by atoms with Crippen LogP contribution in [0.15, 0.2) is 30.3 Å². The third-order valence-electron chi connectivity index (χ3n) is 2.65. The average Bonchev–Trinajstić information content (AvgIpc) is 2.30. The van der Waals surface area contributed by atoms with Gasteiger partial charge in [0.05, 0.1) is 0 Å². The van der Waals surface area contributed by atoms with Gasteiger partial charge in [-0.15, -0.1) is 0 Å². The van der Waals surface area contributed by atoms with Crippen molar-refractivity contribution in [2.45, 2.75) is 33.1 Å². The predicted molar refractivity (Wildman–Crippen MR) is 77.0 cm³/mol. The molecule has 0 saturated carbocycles. The molecule has 0 radical (unpaired) electrons. The summed E-state index contributed by atoms with van der Waals surface area (Å²) in [7, 11) is 0. The van der Waals surface area contributed by atoms with Crippen LogP contribution in [0.1, 0.15) is 32.2 Å². The number of para-hydroxylation sites is 1. The van der Waals surface area contributed by atoms with E-state index in [1.54, 1.807) is 6.07 Å². The summed E-state index contributed by atoms with van der Waals surface area (Å²) >= 11 is 6.03. The lowest BCUT2D eigenvalue weighted by Crippen LogP contribution is -2.16. The zero-order chi connectivity index (χ0) is 14.0. The molecule has 0 N–H and O–H groups in total. The van der Waals surface area contributed by atoms with Crippen molar-refractivity contribution in [1.29, 1.82) is 0 Å². The van der Waals surface area contributed by atoms with Gasteiger partial charge < -0.3 is 4.74 Å². The van der Waals surface area contributed by atoms with Crippen molar-refractivity contribution in [1.82, 2.24) is 9.97 Å². The SMILES string of the molecule is Cc1ccccc1Oc1cc(Cl)nc(C(C)(C)C)n1. The number of aryl methyl sites for hydroxylation is 1. The Morgan fingerprint density at radius 1 is 1.11 bits per heavy atom. The van der Waals surface area contributed by atoms with Crippen LogP contribution in [-0.2, 0) is 5.41 Å². The number of halogens is 1. The maximum absolute atomic E-state index is 6.03. The first-order valence-corrected chi connectivity index (χ1v) is 6.52. The van der Waals surface area contributed by atoms with Crippen LogP contribution in [0.3, 0.4) is 0 Å². The zero-order valence-electron chi connectivity index (χ0n) is 11.6. The fourth-order valence-electron chi connectivity index (χ4n) is 1.57. The Kier molecular flexibility index (Phi) is 3.76. The highest BCUT2D eigenvalue weighted by molar-refractivity contribution is 6.29. The van der Waals surface area contributed by atoms with Gasteiger partial charge in [0.15, 0.2) is 0 Å². The smallest absolute Gasteiger partial charge is 0.224 e. The highest BCUT2D eigenvalue weighted by Gasteiger charge is 2.19. The van der Waals surface area contributed by atoms with Crippen LogP contribution in [0.5, 0.6) is 11.6 Å². The van der Waals surface area contributed by atoms with Gasteiger partial charge in [-0.2, -0.15) is 4.98 Å². The molecule has 1 aromatic heterocycles. The van der Waals surface area contributed by atoms with Crippen LogP contribution in [0.25, 0.3) is 0 Å². The van der Waals surface area contributed by atoms with E-state index < -0.39 is 0 Å². The molecule has 0 bridgehead atoms. The topological polar surface area (TPSA) is 35.0 Å². The van der Waals surface area contributed by atoms with Gasteiger partial charge in [-0.25, -0.2) is 4.98 Å². The molecule has 0 unspecified atom stereocenters. The number of hydrogen-bond acceptors (Lipinski definition) is 3. The number of benzene rings is 1. The molecule has 4 heteroatoms. The first kappa shape index (κ1) is 13.8. The van der Waals surface area contributed by atoms with Crippen LogP contribution in [-0.4, -0.2) is 9.97 Å². The Labute approximate surface area is 118 Å². The summed E-state index contributed by atoms with van der Waals surface area (Å²) in [6.45, 7) is 8.10. The van der Waals surface area contributed by atoms with E-state index in [1.807, 2.05) is 52.0 Å². The van der Waals surface area contributed by atoms with Crippen LogP contribution in [0.4, 0.5) is 0 Å². The van der Waals surface area contributed by atoms with Crippen LogP contribution >= 0.6 is 11.6 Å². The standard InChI is InChI=1S/C15H17ClN2O/c1-10-7-5-6-8-11(10)19-13-9-12(16)17-14(18-13)15(2,3)4/h5-9H,1-4H3. The molecule has 100 valence electrons. The predicted octanol–water partition coefficient (Wildman–Crippen LogP) is 4.53. The Bertz CT molecular complexity index is 591. The second-order valence-corrected chi connectivity index (χ2v) is 5.86. The molecule has 0 aliphatic heterocycles. The van der Waals surface area contributed by atoms with E-state index in [0.29, 0.717) is 16.9 Å². The van der Waals surface area contributed by atoms with Crippen molar-refractivity contribution < 1.29 is 4.74 Å². The van der Waals surface area contributed by atoms with Crippen molar-refractivity contribution in [2.75, 3.05) is 0 Å². The molecule has 0 aliphatic rings. The average molecular weight is 277 g/mol. The van der Waals surface area contributed by atoms with Gasteiger partial charge in [-0.3, -0.25) is 0 Å². The summed E-state index contributed by atoms with van der Waals surface area (Å²) in [5, 5.41) is 0.392. The fraction of sp³-hybridized carbons (Fsp3) is 0.333. The Morgan fingerprint density at radius 3 is 2.42 bits per heavy atom. The fourth-order valence-corrected chi connectivity index (χ4v) is 1.74. The molecule has 19 heavy (non-hydrogen) atoms. The first-order chi connectivity index (χ1) is 8.86. The molecule has 0 spiro atoms. The lowest BCUT2D eigenvalue weighted by Gasteiger charge is -2.17.